The van der Waals surface area contributed by atoms with Crippen molar-refractivity contribution in [1.29, 1.82) is 0 Å². The number of aromatic nitrogens is 2. The molecule has 0 spiro atoms. The van der Waals surface area contributed by atoms with Gasteiger partial charge in [0.1, 0.15) is 0 Å². The second-order valence-electron chi connectivity index (χ2n) is 5.51. The minimum atomic E-state index is 0.113. The van der Waals surface area contributed by atoms with Crippen LogP contribution in [0.2, 0.25) is 0 Å². The molecule has 0 bridgehead atoms. The molecule has 5 nitrogen and oxygen atoms in total. The first-order valence-electron chi connectivity index (χ1n) is 7.48. The van der Waals surface area contributed by atoms with Gasteiger partial charge >= 0.3 is 0 Å². The highest BCUT2D eigenvalue weighted by atomic mass is 16.1. The summed E-state index contributed by atoms with van der Waals surface area (Å²) in [6.07, 6.45) is 3.34. The summed E-state index contributed by atoms with van der Waals surface area (Å²) < 4.78 is 1.98. The van der Waals surface area contributed by atoms with Crippen LogP contribution in [0.5, 0.6) is 0 Å². The molecule has 1 aliphatic heterocycles. The molecule has 3 rings (SSSR count). The molecule has 5 heteroatoms. The minimum Gasteiger partial charge on any atom is -0.325 e. The molecule has 1 aromatic carbocycles. The number of aryl methyl sites for hydroxylation is 1. The van der Waals surface area contributed by atoms with Crippen molar-refractivity contribution in [2.45, 2.75) is 26.7 Å². The summed E-state index contributed by atoms with van der Waals surface area (Å²) in [5.74, 6) is 0.113. The van der Waals surface area contributed by atoms with Gasteiger partial charge in [-0.15, -0.1) is 0 Å². The third-order valence-electron chi connectivity index (χ3n) is 3.93. The number of benzene rings is 1. The highest BCUT2D eigenvalue weighted by molar-refractivity contribution is 5.92. The molecule has 1 aliphatic rings. The molecule has 0 atom stereocenters. The molecule has 114 valence electrons. The number of hydrogen-bond donors (Lipinski definition) is 2. The average Bonchev–Trinajstić information content (AvgIpc) is 2.81. The molecule has 0 unspecified atom stereocenters. The van der Waals surface area contributed by atoms with Gasteiger partial charge in [-0.3, -0.25) is 4.79 Å². The van der Waals surface area contributed by atoms with Gasteiger partial charge in [0.25, 0.3) is 0 Å². The Morgan fingerprint density at radius 3 is 2.68 bits per heavy atom. The summed E-state index contributed by atoms with van der Waals surface area (Å²) in [6.45, 7) is 4.48. The first-order valence-corrected chi connectivity index (χ1v) is 7.48. The summed E-state index contributed by atoms with van der Waals surface area (Å²) in [5, 5.41) is 4.65. The van der Waals surface area contributed by atoms with Crippen molar-refractivity contribution in [2.75, 3.05) is 6.54 Å². The number of nitrogens with one attached hydrogen (secondary N) is 2. The maximum Gasteiger partial charge on any atom is 0.173 e. The Bertz CT molecular complexity index is 716. The zero-order chi connectivity index (χ0) is 15.5. The lowest BCUT2D eigenvalue weighted by Crippen LogP contribution is -2.39. The normalized spacial score (nSPS) is 14.6. The van der Waals surface area contributed by atoms with E-state index in [2.05, 4.69) is 35.0 Å². The number of ketones is 1. The topological polar surface area (TPSA) is 59.0 Å². The lowest BCUT2D eigenvalue weighted by atomic mass is 10.1. The summed E-state index contributed by atoms with van der Waals surface area (Å²) in [7, 11) is 0. The second-order valence-corrected chi connectivity index (χ2v) is 5.51. The van der Waals surface area contributed by atoms with Crippen LogP contribution in [0.3, 0.4) is 0 Å². The van der Waals surface area contributed by atoms with Crippen LogP contribution in [0.15, 0.2) is 42.1 Å². The van der Waals surface area contributed by atoms with E-state index in [4.69, 9.17) is 0 Å². The standard InChI is InChI=1S/C17H20N4O/c1-12-17(9-8-14-10-16(22)11-18-19-14)13(2)21(20-12)15-6-4-3-5-7-15/h3-7,10,18-19H,8-9,11H2,1-2H3. The SMILES string of the molecule is Cc1nn(-c2ccccc2)c(C)c1CCC1=CC(=O)CNN1. The fourth-order valence-corrected chi connectivity index (χ4v) is 2.78. The molecule has 0 radical (unpaired) electrons. The van der Waals surface area contributed by atoms with Gasteiger partial charge in [-0.25, -0.2) is 10.1 Å². The van der Waals surface area contributed by atoms with Crippen molar-refractivity contribution in [1.82, 2.24) is 20.6 Å². The number of hydrogen-bond acceptors (Lipinski definition) is 4. The number of carbonyl (C=O) groups is 1. The third kappa shape index (κ3) is 2.94. The molecular formula is C17H20N4O. The van der Waals surface area contributed by atoms with Crippen LogP contribution in [-0.2, 0) is 11.2 Å². The van der Waals surface area contributed by atoms with Crippen LogP contribution >= 0.6 is 0 Å². The molecular weight excluding hydrogens is 276 g/mol. The summed E-state index contributed by atoms with van der Waals surface area (Å²) in [5.41, 5.74) is 11.4. The molecule has 22 heavy (non-hydrogen) atoms. The predicted molar refractivity (Wildman–Crippen MR) is 85.6 cm³/mol. The van der Waals surface area contributed by atoms with Crippen LogP contribution < -0.4 is 10.9 Å². The van der Waals surface area contributed by atoms with E-state index in [0.717, 1.165) is 35.6 Å². The molecule has 2 heterocycles. The van der Waals surface area contributed by atoms with Crippen LogP contribution in [0.25, 0.3) is 5.69 Å². The Morgan fingerprint density at radius 1 is 1.18 bits per heavy atom. The van der Waals surface area contributed by atoms with Crippen LogP contribution in [0.1, 0.15) is 23.4 Å². The van der Waals surface area contributed by atoms with Crippen LogP contribution in [0.4, 0.5) is 0 Å². The average molecular weight is 296 g/mol. The molecule has 1 aromatic heterocycles. The minimum absolute atomic E-state index is 0.113. The van der Waals surface area contributed by atoms with Gasteiger partial charge in [0.15, 0.2) is 5.78 Å². The van der Waals surface area contributed by atoms with E-state index in [1.165, 1.54) is 5.56 Å². The lowest BCUT2D eigenvalue weighted by molar-refractivity contribution is -0.114. The van der Waals surface area contributed by atoms with E-state index in [-0.39, 0.29) is 5.78 Å². The number of hydrazine groups is 1. The van der Waals surface area contributed by atoms with E-state index in [0.29, 0.717) is 6.54 Å². The van der Waals surface area contributed by atoms with Gasteiger partial charge in [-0.05, 0) is 44.4 Å². The molecule has 0 saturated heterocycles. The third-order valence-corrected chi connectivity index (χ3v) is 3.93. The van der Waals surface area contributed by atoms with Crippen LogP contribution in [-0.4, -0.2) is 22.1 Å². The Labute approximate surface area is 130 Å². The van der Waals surface area contributed by atoms with Crippen molar-refractivity contribution in [3.8, 4) is 5.69 Å². The zero-order valence-electron chi connectivity index (χ0n) is 12.9. The number of carbonyl (C=O) groups excluding carboxylic acids is 1. The van der Waals surface area contributed by atoms with Crippen LogP contribution in [0, 0.1) is 13.8 Å². The monoisotopic (exact) mass is 296 g/mol. The maximum atomic E-state index is 11.4. The Morgan fingerprint density at radius 2 is 1.95 bits per heavy atom. The largest absolute Gasteiger partial charge is 0.325 e. The first kappa shape index (κ1) is 14.5. The van der Waals surface area contributed by atoms with Gasteiger partial charge in [-0.1, -0.05) is 18.2 Å². The highest BCUT2D eigenvalue weighted by Gasteiger charge is 2.14. The van der Waals surface area contributed by atoms with Crippen molar-refractivity contribution < 1.29 is 4.79 Å². The van der Waals surface area contributed by atoms with E-state index in [9.17, 15) is 4.79 Å². The number of rotatable bonds is 4. The van der Waals surface area contributed by atoms with Gasteiger partial charge in [-0.2, -0.15) is 5.10 Å². The summed E-state index contributed by atoms with van der Waals surface area (Å²) in [4.78, 5) is 11.4. The van der Waals surface area contributed by atoms with E-state index in [1.54, 1.807) is 6.08 Å². The lowest BCUT2D eigenvalue weighted by Gasteiger charge is -2.16. The predicted octanol–water partition coefficient (Wildman–Crippen LogP) is 1.98. The Balaban J connectivity index is 1.80. The summed E-state index contributed by atoms with van der Waals surface area (Å²) in [6, 6.07) is 10.1. The van der Waals surface area contributed by atoms with Crippen molar-refractivity contribution >= 4 is 5.78 Å². The quantitative estimate of drug-likeness (QED) is 0.906. The maximum absolute atomic E-state index is 11.4. The van der Waals surface area contributed by atoms with E-state index >= 15 is 0 Å². The smallest absolute Gasteiger partial charge is 0.173 e. The highest BCUT2D eigenvalue weighted by Crippen LogP contribution is 2.20. The van der Waals surface area contributed by atoms with Gasteiger partial charge in [0, 0.05) is 17.5 Å². The van der Waals surface area contributed by atoms with Crippen molar-refractivity contribution in [3.63, 3.8) is 0 Å². The number of allylic oxidation sites excluding steroid dienone is 1. The number of nitrogens with zero attached hydrogens (tertiary/aromatic N) is 2. The molecule has 2 aromatic rings. The van der Waals surface area contributed by atoms with Gasteiger partial charge < -0.3 is 5.43 Å². The van der Waals surface area contributed by atoms with Gasteiger partial charge in [0.2, 0.25) is 0 Å². The summed E-state index contributed by atoms with van der Waals surface area (Å²) >= 11 is 0. The fraction of sp³-hybridized carbons (Fsp3) is 0.294. The first-order chi connectivity index (χ1) is 10.6. The molecule has 0 amide bonds. The van der Waals surface area contributed by atoms with Crippen molar-refractivity contribution in [3.05, 3.63) is 59.1 Å². The number of para-hydroxylation sites is 1. The fourth-order valence-electron chi connectivity index (χ4n) is 2.78. The van der Waals surface area contributed by atoms with E-state index in [1.807, 2.05) is 29.8 Å². The van der Waals surface area contributed by atoms with Crippen molar-refractivity contribution in [2.24, 2.45) is 0 Å². The van der Waals surface area contributed by atoms with Gasteiger partial charge in [0.05, 0.1) is 17.9 Å². The molecule has 0 saturated carbocycles. The zero-order valence-corrected chi connectivity index (χ0v) is 12.9. The second kappa shape index (κ2) is 6.15. The Kier molecular flexibility index (Phi) is 4.06. The molecule has 2 N–H and O–H groups in total. The Hall–Kier alpha value is -2.40. The van der Waals surface area contributed by atoms with E-state index < -0.39 is 0 Å². The molecule has 0 aliphatic carbocycles. The molecule has 0 fully saturated rings.